The van der Waals surface area contributed by atoms with Gasteiger partial charge in [-0.1, -0.05) is 0 Å². The molecule has 1 rings (SSSR count). The summed E-state index contributed by atoms with van der Waals surface area (Å²) < 4.78 is 10.5. The fraction of sp³-hybridized carbons (Fsp3) is 0.923. The minimum Gasteiger partial charge on any atom is -0.450 e. The highest BCUT2D eigenvalue weighted by Gasteiger charge is 2.22. The molecule has 0 saturated carbocycles. The topological polar surface area (TPSA) is 50.8 Å². The van der Waals surface area contributed by atoms with Crippen LogP contribution in [0, 0.1) is 0 Å². The Balaban J connectivity index is 2.10. The van der Waals surface area contributed by atoms with E-state index in [0.717, 1.165) is 39.1 Å². The number of carbonyl (C=O) groups is 1. The molecule has 0 spiro atoms. The van der Waals surface area contributed by atoms with Crippen molar-refractivity contribution in [1.82, 2.24) is 10.2 Å². The zero-order valence-electron chi connectivity index (χ0n) is 11.8. The third-order valence-corrected chi connectivity index (χ3v) is 3.01. The van der Waals surface area contributed by atoms with E-state index in [1.807, 2.05) is 20.8 Å². The summed E-state index contributed by atoms with van der Waals surface area (Å²) in [5.74, 6) is 0. The van der Waals surface area contributed by atoms with Crippen molar-refractivity contribution in [2.75, 3.05) is 32.8 Å². The number of nitrogens with one attached hydrogen (secondary N) is 1. The molecule has 5 heteroatoms. The van der Waals surface area contributed by atoms with Crippen LogP contribution in [0.3, 0.4) is 0 Å². The Kier molecular flexibility index (Phi) is 7.05. The van der Waals surface area contributed by atoms with Gasteiger partial charge in [0.1, 0.15) is 0 Å². The number of hydrogen-bond acceptors (Lipinski definition) is 4. The molecule has 1 amide bonds. The Morgan fingerprint density at radius 3 is 2.61 bits per heavy atom. The van der Waals surface area contributed by atoms with E-state index in [1.54, 1.807) is 4.90 Å². The monoisotopic (exact) mass is 258 g/mol. The molecule has 0 aromatic carbocycles. The normalized spacial score (nSPS) is 17.2. The van der Waals surface area contributed by atoms with Gasteiger partial charge in [-0.3, -0.25) is 0 Å². The van der Waals surface area contributed by atoms with Crippen LogP contribution in [0.2, 0.25) is 0 Å². The Hall–Kier alpha value is -0.810. The number of hydrogen-bond donors (Lipinski definition) is 1. The predicted molar refractivity (Wildman–Crippen MR) is 70.7 cm³/mol. The molecule has 18 heavy (non-hydrogen) atoms. The molecule has 1 aliphatic heterocycles. The first kappa shape index (κ1) is 15.2. The highest BCUT2D eigenvalue weighted by atomic mass is 16.6. The van der Waals surface area contributed by atoms with Crippen LogP contribution >= 0.6 is 0 Å². The fourth-order valence-corrected chi connectivity index (χ4v) is 2.04. The van der Waals surface area contributed by atoms with E-state index in [4.69, 9.17) is 9.47 Å². The van der Waals surface area contributed by atoms with Crippen molar-refractivity contribution in [3.05, 3.63) is 0 Å². The molecule has 5 nitrogen and oxygen atoms in total. The van der Waals surface area contributed by atoms with Crippen LogP contribution in [-0.2, 0) is 9.47 Å². The average Bonchev–Trinajstić information content (AvgIpc) is 2.35. The van der Waals surface area contributed by atoms with Crippen molar-refractivity contribution < 1.29 is 14.3 Å². The molecular weight excluding hydrogens is 232 g/mol. The van der Waals surface area contributed by atoms with Gasteiger partial charge in [-0.05, 0) is 33.6 Å². The fourth-order valence-electron chi connectivity index (χ4n) is 2.04. The van der Waals surface area contributed by atoms with E-state index in [1.165, 1.54) is 0 Å². The quantitative estimate of drug-likeness (QED) is 0.736. The largest absolute Gasteiger partial charge is 0.450 e. The maximum atomic E-state index is 11.5. The second-order valence-corrected chi connectivity index (χ2v) is 4.83. The molecule has 1 aliphatic rings. The summed E-state index contributed by atoms with van der Waals surface area (Å²) in [6, 6.07) is 0.492. The van der Waals surface area contributed by atoms with Gasteiger partial charge in [-0.15, -0.1) is 0 Å². The highest BCUT2D eigenvalue weighted by molar-refractivity contribution is 5.67. The molecule has 0 radical (unpaired) electrons. The summed E-state index contributed by atoms with van der Waals surface area (Å²) >= 11 is 0. The lowest BCUT2D eigenvalue weighted by Crippen LogP contribution is -2.45. The summed E-state index contributed by atoms with van der Waals surface area (Å²) in [4.78, 5) is 13.3. The van der Waals surface area contributed by atoms with E-state index in [0.29, 0.717) is 12.6 Å². The highest BCUT2D eigenvalue weighted by Crippen LogP contribution is 2.11. The smallest absolute Gasteiger partial charge is 0.409 e. The van der Waals surface area contributed by atoms with Crippen LogP contribution in [0.1, 0.15) is 33.6 Å². The summed E-state index contributed by atoms with van der Waals surface area (Å²) in [5, 5.41) is 3.46. The van der Waals surface area contributed by atoms with E-state index < -0.39 is 0 Å². The lowest BCUT2D eigenvalue weighted by atomic mass is 10.1. The lowest BCUT2D eigenvalue weighted by Gasteiger charge is -2.31. The number of piperidine rings is 1. The first-order chi connectivity index (χ1) is 8.63. The van der Waals surface area contributed by atoms with Crippen molar-refractivity contribution in [2.45, 2.75) is 45.8 Å². The van der Waals surface area contributed by atoms with Crippen LogP contribution < -0.4 is 5.32 Å². The van der Waals surface area contributed by atoms with Gasteiger partial charge in [-0.2, -0.15) is 0 Å². The number of carbonyl (C=O) groups excluding carboxylic acids is 1. The molecule has 0 aliphatic carbocycles. The second kappa shape index (κ2) is 8.32. The zero-order chi connectivity index (χ0) is 13.4. The van der Waals surface area contributed by atoms with Gasteiger partial charge in [-0.25, -0.2) is 4.79 Å². The van der Waals surface area contributed by atoms with Crippen molar-refractivity contribution in [1.29, 1.82) is 0 Å². The summed E-state index contributed by atoms with van der Waals surface area (Å²) in [6.07, 6.45) is 2.08. The minimum atomic E-state index is -0.181. The van der Waals surface area contributed by atoms with Gasteiger partial charge in [0.25, 0.3) is 0 Å². The molecular formula is C13H26N2O3. The van der Waals surface area contributed by atoms with E-state index in [2.05, 4.69) is 5.32 Å². The molecule has 106 valence electrons. The maximum Gasteiger partial charge on any atom is 0.409 e. The molecule has 0 aromatic heterocycles. The third-order valence-electron chi connectivity index (χ3n) is 3.01. The lowest BCUT2D eigenvalue weighted by molar-refractivity contribution is 0.0744. The molecule has 1 fully saturated rings. The zero-order valence-corrected chi connectivity index (χ0v) is 11.8. The summed E-state index contributed by atoms with van der Waals surface area (Å²) in [6.45, 7) is 9.54. The van der Waals surface area contributed by atoms with Crippen molar-refractivity contribution in [3.63, 3.8) is 0 Å². The Labute approximate surface area is 110 Å². The molecule has 1 heterocycles. The number of likely N-dealkylation sites (tertiary alicyclic amines) is 1. The molecule has 1 N–H and O–H groups in total. The maximum absolute atomic E-state index is 11.5. The Morgan fingerprint density at radius 1 is 1.39 bits per heavy atom. The van der Waals surface area contributed by atoms with Crippen molar-refractivity contribution in [2.24, 2.45) is 0 Å². The van der Waals surface area contributed by atoms with Gasteiger partial charge in [0.15, 0.2) is 0 Å². The summed E-state index contributed by atoms with van der Waals surface area (Å²) in [5.41, 5.74) is 0. The Morgan fingerprint density at radius 2 is 2.06 bits per heavy atom. The standard InChI is InChI=1S/C13H26N2O3/c1-4-17-13(16)15-8-5-12(6-9-15)14-7-10-18-11(2)3/h11-12,14H,4-10H2,1-3H3. The molecule has 0 unspecified atom stereocenters. The van der Waals surface area contributed by atoms with Crippen molar-refractivity contribution in [3.8, 4) is 0 Å². The van der Waals surface area contributed by atoms with Crippen LogP contribution in [0.25, 0.3) is 0 Å². The van der Waals surface area contributed by atoms with E-state index >= 15 is 0 Å². The van der Waals surface area contributed by atoms with E-state index in [-0.39, 0.29) is 12.2 Å². The van der Waals surface area contributed by atoms with Crippen LogP contribution in [0.4, 0.5) is 4.79 Å². The van der Waals surface area contributed by atoms with Gasteiger partial charge < -0.3 is 19.7 Å². The molecule has 0 bridgehead atoms. The molecule has 0 atom stereocenters. The van der Waals surface area contributed by atoms with E-state index in [9.17, 15) is 4.79 Å². The number of ether oxygens (including phenoxy) is 2. The van der Waals surface area contributed by atoms with Crippen LogP contribution in [0.15, 0.2) is 0 Å². The number of amides is 1. The predicted octanol–water partition coefficient (Wildman–Crippen LogP) is 1.62. The summed E-state index contributed by atoms with van der Waals surface area (Å²) in [7, 11) is 0. The van der Waals surface area contributed by atoms with Crippen LogP contribution in [-0.4, -0.2) is 56.0 Å². The molecule has 1 saturated heterocycles. The first-order valence-corrected chi connectivity index (χ1v) is 6.90. The molecule has 0 aromatic rings. The third kappa shape index (κ3) is 5.69. The van der Waals surface area contributed by atoms with Gasteiger partial charge >= 0.3 is 6.09 Å². The number of nitrogens with zero attached hydrogens (tertiary/aromatic N) is 1. The Bertz CT molecular complexity index is 238. The van der Waals surface area contributed by atoms with Gasteiger partial charge in [0, 0.05) is 25.7 Å². The number of rotatable bonds is 6. The SMILES string of the molecule is CCOC(=O)N1CCC(NCCOC(C)C)CC1. The average molecular weight is 258 g/mol. The van der Waals surface area contributed by atoms with Gasteiger partial charge in [0.05, 0.1) is 19.3 Å². The minimum absolute atomic E-state index is 0.181. The van der Waals surface area contributed by atoms with Gasteiger partial charge in [0.2, 0.25) is 0 Å². The van der Waals surface area contributed by atoms with Crippen molar-refractivity contribution >= 4 is 6.09 Å². The van der Waals surface area contributed by atoms with Crippen LogP contribution in [0.5, 0.6) is 0 Å². The second-order valence-electron chi connectivity index (χ2n) is 4.83. The first-order valence-electron chi connectivity index (χ1n) is 6.90.